The standard InChI is InChI=1S/C12H17BrClNO/c1-8(2)12(7-16)15-6-9-5-10(14)3-4-11(9)13/h3-5,8,12,15-16H,6-7H2,1-2H3. The lowest BCUT2D eigenvalue weighted by Crippen LogP contribution is -2.36. The summed E-state index contributed by atoms with van der Waals surface area (Å²) in [6, 6.07) is 5.82. The van der Waals surface area contributed by atoms with E-state index in [-0.39, 0.29) is 12.6 Å². The molecule has 1 rings (SSSR count). The van der Waals surface area contributed by atoms with Crippen LogP contribution in [0.2, 0.25) is 5.02 Å². The van der Waals surface area contributed by atoms with Gasteiger partial charge in [-0.2, -0.15) is 0 Å². The molecular weight excluding hydrogens is 289 g/mol. The molecule has 0 spiro atoms. The minimum absolute atomic E-state index is 0.117. The van der Waals surface area contributed by atoms with Gasteiger partial charge in [-0.15, -0.1) is 0 Å². The number of halogens is 2. The van der Waals surface area contributed by atoms with Crippen molar-refractivity contribution in [2.45, 2.75) is 26.4 Å². The maximum atomic E-state index is 9.20. The fraction of sp³-hybridized carbons (Fsp3) is 0.500. The Morgan fingerprint density at radius 1 is 1.44 bits per heavy atom. The first-order valence-corrected chi connectivity index (χ1v) is 6.50. The summed E-state index contributed by atoms with van der Waals surface area (Å²) in [6.45, 7) is 5.02. The van der Waals surface area contributed by atoms with Crippen LogP contribution in [-0.2, 0) is 6.54 Å². The van der Waals surface area contributed by atoms with Crippen molar-refractivity contribution < 1.29 is 5.11 Å². The molecule has 2 N–H and O–H groups in total. The monoisotopic (exact) mass is 305 g/mol. The van der Waals surface area contributed by atoms with Crippen LogP contribution in [0, 0.1) is 5.92 Å². The lowest BCUT2D eigenvalue weighted by molar-refractivity contribution is 0.210. The van der Waals surface area contributed by atoms with Crippen molar-refractivity contribution in [2.75, 3.05) is 6.61 Å². The highest BCUT2D eigenvalue weighted by atomic mass is 79.9. The highest BCUT2D eigenvalue weighted by molar-refractivity contribution is 9.10. The van der Waals surface area contributed by atoms with Crippen molar-refractivity contribution in [1.29, 1.82) is 0 Å². The smallest absolute Gasteiger partial charge is 0.0587 e. The summed E-state index contributed by atoms with van der Waals surface area (Å²) in [7, 11) is 0. The zero-order valence-corrected chi connectivity index (χ0v) is 11.8. The van der Waals surface area contributed by atoms with E-state index < -0.39 is 0 Å². The first-order valence-electron chi connectivity index (χ1n) is 5.32. The van der Waals surface area contributed by atoms with Gasteiger partial charge in [-0.1, -0.05) is 41.4 Å². The SMILES string of the molecule is CC(C)C(CO)NCc1cc(Cl)ccc1Br. The van der Waals surface area contributed by atoms with Crippen LogP contribution in [-0.4, -0.2) is 17.8 Å². The lowest BCUT2D eigenvalue weighted by atomic mass is 10.1. The summed E-state index contributed by atoms with van der Waals surface area (Å²) >= 11 is 9.41. The average molecular weight is 307 g/mol. The number of hydrogen-bond donors (Lipinski definition) is 2. The largest absolute Gasteiger partial charge is 0.395 e. The molecule has 0 saturated heterocycles. The molecule has 0 radical (unpaired) electrons. The van der Waals surface area contributed by atoms with Gasteiger partial charge in [0.2, 0.25) is 0 Å². The average Bonchev–Trinajstić information content (AvgIpc) is 2.23. The molecule has 1 atom stereocenters. The summed E-state index contributed by atoms with van der Waals surface area (Å²) in [5.41, 5.74) is 1.10. The summed E-state index contributed by atoms with van der Waals surface area (Å²) in [4.78, 5) is 0. The minimum atomic E-state index is 0.117. The van der Waals surface area contributed by atoms with E-state index in [1.165, 1.54) is 0 Å². The molecule has 90 valence electrons. The number of benzene rings is 1. The molecule has 16 heavy (non-hydrogen) atoms. The number of rotatable bonds is 5. The minimum Gasteiger partial charge on any atom is -0.395 e. The molecule has 0 aliphatic rings. The topological polar surface area (TPSA) is 32.3 Å². The Balaban J connectivity index is 2.63. The molecular formula is C12H17BrClNO. The number of hydrogen-bond acceptors (Lipinski definition) is 2. The normalized spacial score (nSPS) is 13.1. The van der Waals surface area contributed by atoms with Crippen LogP contribution in [0.4, 0.5) is 0 Å². The van der Waals surface area contributed by atoms with Gasteiger partial charge in [0.25, 0.3) is 0 Å². The molecule has 0 aliphatic heterocycles. The maximum Gasteiger partial charge on any atom is 0.0587 e. The van der Waals surface area contributed by atoms with Gasteiger partial charge in [0, 0.05) is 22.1 Å². The Morgan fingerprint density at radius 3 is 2.69 bits per heavy atom. The van der Waals surface area contributed by atoms with Gasteiger partial charge >= 0.3 is 0 Å². The predicted molar refractivity (Wildman–Crippen MR) is 71.7 cm³/mol. The quantitative estimate of drug-likeness (QED) is 0.875. The second-order valence-corrected chi connectivity index (χ2v) is 5.44. The van der Waals surface area contributed by atoms with Crippen molar-refractivity contribution >= 4 is 27.5 Å². The predicted octanol–water partition coefficient (Wildman–Crippen LogP) is 3.21. The zero-order valence-electron chi connectivity index (χ0n) is 9.50. The molecule has 0 heterocycles. The lowest BCUT2D eigenvalue weighted by Gasteiger charge is -2.20. The summed E-state index contributed by atoms with van der Waals surface area (Å²) in [5, 5.41) is 13.2. The third kappa shape index (κ3) is 4.06. The summed E-state index contributed by atoms with van der Waals surface area (Å²) in [5.74, 6) is 0.406. The molecule has 0 aromatic heterocycles. The van der Waals surface area contributed by atoms with Gasteiger partial charge in [-0.05, 0) is 29.7 Å². The van der Waals surface area contributed by atoms with Crippen molar-refractivity contribution in [1.82, 2.24) is 5.32 Å². The van der Waals surface area contributed by atoms with E-state index in [9.17, 15) is 5.11 Å². The van der Waals surface area contributed by atoms with E-state index in [1.54, 1.807) is 0 Å². The third-order valence-corrected chi connectivity index (χ3v) is 3.57. The van der Waals surface area contributed by atoms with E-state index in [0.717, 1.165) is 15.1 Å². The Labute approximate surface area is 110 Å². The van der Waals surface area contributed by atoms with Crippen LogP contribution in [0.5, 0.6) is 0 Å². The second kappa shape index (κ2) is 6.60. The van der Waals surface area contributed by atoms with Crippen LogP contribution in [0.25, 0.3) is 0 Å². The highest BCUT2D eigenvalue weighted by Gasteiger charge is 2.11. The Kier molecular flexibility index (Phi) is 5.76. The van der Waals surface area contributed by atoms with E-state index in [0.29, 0.717) is 12.5 Å². The van der Waals surface area contributed by atoms with Gasteiger partial charge in [-0.3, -0.25) is 0 Å². The van der Waals surface area contributed by atoms with Crippen molar-refractivity contribution in [3.63, 3.8) is 0 Å². The van der Waals surface area contributed by atoms with Crippen molar-refractivity contribution in [3.05, 3.63) is 33.3 Å². The number of aliphatic hydroxyl groups is 1. The summed E-state index contributed by atoms with van der Waals surface area (Å²) < 4.78 is 1.03. The second-order valence-electron chi connectivity index (χ2n) is 4.15. The maximum absolute atomic E-state index is 9.20. The van der Waals surface area contributed by atoms with Gasteiger partial charge in [0.1, 0.15) is 0 Å². The molecule has 1 aromatic rings. The molecule has 0 bridgehead atoms. The molecule has 0 saturated carbocycles. The van der Waals surface area contributed by atoms with Crippen LogP contribution >= 0.6 is 27.5 Å². The first-order chi connectivity index (χ1) is 7.54. The number of nitrogens with one attached hydrogen (secondary N) is 1. The Morgan fingerprint density at radius 2 is 2.12 bits per heavy atom. The molecule has 4 heteroatoms. The fourth-order valence-electron chi connectivity index (χ4n) is 1.43. The van der Waals surface area contributed by atoms with Crippen LogP contribution in [0.1, 0.15) is 19.4 Å². The molecule has 1 unspecified atom stereocenters. The van der Waals surface area contributed by atoms with Crippen LogP contribution in [0.3, 0.4) is 0 Å². The first kappa shape index (κ1) is 14.0. The van der Waals surface area contributed by atoms with Crippen molar-refractivity contribution in [2.24, 2.45) is 5.92 Å². The third-order valence-electron chi connectivity index (χ3n) is 2.56. The van der Waals surface area contributed by atoms with E-state index in [1.807, 2.05) is 18.2 Å². The van der Waals surface area contributed by atoms with Gasteiger partial charge < -0.3 is 10.4 Å². The molecule has 0 fully saturated rings. The number of aliphatic hydroxyl groups excluding tert-OH is 1. The molecule has 0 aliphatic carbocycles. The fourth-order valence-corrected chi connectivity index (χ4v) is 2.01. The molecule has 2 nitrogen and oxygen atoms in total. The van der Waals surface area contributed by atoms with Gasteiger partial charge in [0.05, 0.1) is 6.61 Å². The highest BCUT2D eigenvalue weighted by Crippen LogP contribution is 2.21. The van der Waals surface area contributed by atoms with Crippen molar-refractivity contribution in [3.8, 4) is 0 Å². The van der Waals surface area contributed by atoms with Gasteiger partial charge in [0.15, 0.2) is 0 Å². The molecule has 0 amide bonds. The zero-order chi connectivity index (χ0) is 12.1. The van der Waals surface area contributed by atoms with E-state index in [2.05, 4.69) is 35.1 Å². The van der Waals surface area contributed by atoms with E-state index in [4.69, 9.17) is 11.6 Å². The summed E-state index contributed by atoms with van der Waals surface area (Å²) in [6.07, 6.45) is 0. The van der Waals surface area contributed by atoms with Gasteiger partial charge in [-0.25, -0.2) is 0 Å². The van der Waals surface area contributed by atoms with E-state index >= 15 is 0 Å². The van der Waals surface area contributed by atoms with Crippen LogP contribution in [0.15, 0.2) is 22.7 Å². The Hall–Kier alpha value is -0.0900. The Bertz CT molecular complexity index is 344. The molecule has 1 aromatic carbocycles. The van der Waals surface area contributed by atoms with Crippen LogP contribution < -0.4 is 5.32 Å².